The molecule has 170 valence electrons. The highest BCUT2D eigenvalue weighted by Gasteiger charge is 2.32. The highest BCUT2D eigenvalue weighted by molar-refractivity contribution is 7.89. The summed E-state index contributed by atoms with van der Waals surface area (Å²) in [5, 5.41) is 0. The Morgan fingerprint density at radius 3 is 2.17 bits per heavy atom. The molecule has 0 fully saturated rings. The van der Waals surface area contributed by atoms with Crippen molar-refractivity contribution in [1.82, 2.24) is 9.62 Å². The summed E-state index contributed by atoms with van der Waals surface area (Å²) in [6, 6.07) is 3.06. The zero-order chi connectivity index (χ0) is 23.3. The molecule has 0 radical (unpaired) electrons. The molecular weight excluding hydrogens is 425 g/mol. The van der Waals surface area contributed by atoms with Crippen molar-refractivity contribution in [2.75, 3.05) is 6.54 Å². The Morgan fingerprint density at radius 1 is 1.10 bits per heavy atom. The number of hydrogen-bond donors (Lipinski definition) is 1. The average molecular weight is 452 g/mol. The first-order chi connectivity index (χ1) is 13.7. The molecule has 30 heavy (non-hydrogen) atoms. The molecular formula is C19H27F3N2O5S. The molecule has 0 aliphatic carbocycles. The Morgan fingerprint density at radius 2 is 1.67 bits per heavy atom. The van der Waals surface area contributed by atoms with E-state index in [9.17, 15) is 31.2 Å². The van der Waals surface area contributed by atoms with Crippen molar-refractivity contribution in [3.63, 3.8) is 0 Å². The Hall–Kier alpha value is -2.14. The number of alkyl halides is 3. The van der Waals surface area contributed by atoms with Gasteiger partial charge in [0.2, 0.25) is 10.0 Å². The monoisotopic (exact) mass is 452 g/mol. The third-order valence-corrected chi connectivity index (χ3v) is 5.57. The number of benzene rings is 1. The summed E-state index contributed by atoms with van der Waals surface area (Å²) in [6.45, 7) is 8.34. The molecule has 1 aromatic rings. The summed E-state index contributed by atoms with van der Waals surface area (Å²) < 4.78 is 69.7. The summed E-state index contributed by atoms with van der Waals surface area (Å²) in [7, 11) is -4.25. The van der Waals surface area contributed by atoms with Crippen LogP contribution >= 0.6 is 0 Å². The molecule has 1 aromatic carbocycles. The van der Waals surface area contributed by atoms with Gasteiger partial charge in [-0.25, -0.2) is 13.1 Å². The summed E-state index contributed by atoms with van der Waals surface area (Å²) in [6.07, 6.45) is -6.13. The van der Waals surface area contributed by atoms with Gasteiger partial charge in [-0.15, -0.1) is 0 Å². The van der Waals surface area contributed by atoms with Crippen molar-refractivity contribution < 1.29 is 35.9 Å². The van der Waals surface area contributed by atoms with Crippen LogP contribution in [-0.2, 0) is 30.5 Å². The van der Waals surface area contributed by atoms with Crippen LogP contribution in [0.4, 0.5) is 13.2 Å². The molecule has 11 heteroatoms. The first kappa shape index (κ1) is 25.9. The second-order valence-electron chi connectivity index (χ2n) is 7.24. The van der Waals surface area contributed by atoms with Gasteiger partial charge in [0.05, 0.1) is 16.9 Å². The topological polar surface area (TPSA) is 92.8 Å². The standard InChI is InChI=1S/C19H27F3N2O5S/c1-12(2)24(13(3)4)18(26)14(5)29-17(25)9-10-23-30(27,28)16-8-6-7-15(11-16)19(20,21)22/h6-8,11-14,23H,9-10H2,1-5H3. The summed E-state index contributed by atoms with van der Waals surface area (Å²) in [4.78, 5) is 25.4. The second kappa shape index (κ2) is 10.3. The van der Waals surface area contributed by atoms with Crippen molar-refractivity contribution in [3.05, 3.63) is 29.8 Å². The summed E-state index contributed by atoms with van der Waals surface area (Å²) in [5.74, 6) is -1.19. The molecule has 1 atom stereocenters. The van der Waals surface area contributed by atoms with E-state index in [-0.39, 0.29) is 24.4 Å². The van der Waals surface area contributed by atoms with E-state index in [0.29, 0.717) is 6.07 Å². The number of amides is 1. The predicted octanol–water partition coefficient (Wildman–Crippen LogP) is 2.95. The Bertz CT molecular complexity index is 846. The lowest BCUT2D eigenvalue weighted by Crippen LogP contribution is -2.47. The van der Waals surface area contributed by atoms with Gasteiger partial charge in [0.25, 0.3) is 5.91 Å². The van der Waals surface area contributed by atoms with E-state index >= 15 is 0 Å². The number of sulfonamides is 1. The minimum absolute atomic E-state index is 0.0991. The van der Waals surface area contributed by atoms with E-state index in [4.69, 9.17) is 4.74 Å². The van der Waals surface area contributed by atoms with E-state index in [0.717, 1.165) is 18.2 Å². The zero-order valence-corrected chi connectivity index (χ0v) is 18.3. The predicted molar refractivity (Wildman–Crippen MR) is 104 cm³/mol. The molecule has 1 N–H and O–H groups in total. The fraction of sp³-hybridized carbons (Fsp3) is 0.579. The van der Waals surface area contributed by atoms with Crippen molar-refractivity contribution in [2.24, 2.45) is 0 Å². The average Bonchev–Trinajstić information content (AvgIpc) is 2.60. The molecule has 1 unspecified atom stereocenters. The number of ether oxygens (including phenoxy) is 1. The Labute approximate surface area is 174 Å². The van der Waals surface area contributed by atoms with Gasteiger partial charge < -0.3 is 9.64 Å². The highest BCUT2D eigenvalue weighted by atomic mass is 32.2. The minimum Gasteiger partial charge on any atom is -0.452 e. The molecule has 7 nitrogen and oxygen atoms in total. The molecule has 0 heterocycles. The summed E-state index contributed by atoms with van der Waals surface area (Å²) in [5.41, 5.74) is -1.10. The van der Waals surface area contributed by atoms with E-state index in [1.165, 1.54) is 6.92 Å². The van der Waals surface area contributed by atoms with E-state index in [2.05, 4.69) is 4.72 Å². The number of esters is 1. The fourth-order valence-corrected chi connectivity index (χ4v) is 3.91. The molecule has 0 aliphatic heterocycles. The van der Waals surface area contributed by atoms with Crippen LogP contribution in [0.25, 0.3) is 0 Å². The smallest absolute Gasteiger partial charge is 0.416 e. The Balaban J connectivity index is 2.67. The van der Waals surface area contributed by atoms with Crippen LogP contribution in [-0.4, -0.2) is 49.9 Å². The number of carbonyl (C=O) groups excluding carboxylic acids is 2. The van der Waals surface area contributed by atoms with E-state index in [1.54, 1.807) is 4.90 Å². The van der Waals surface area contributed by atoms with Gasteiger partial charge in [-0.1, -0.05) is 6.07 Å². The largest absolute Gasteiger partial charge is 0.452 e. The van der Waals surface area contributed by atoms with Crippen molar-refractivity contribution in [2.45, 2.75) is 70.3 Å². The molecule has 0 aromatic heterocycles. The maximum atomic E-state index is 12.7. The fourth-order valence-electron chi connectivity index (χ4n) is 2.83. The lowest BCUT2D eigenvalue weighted by atomic mass is 10.2. The number of nitrogens with one attached hydrogen (secondary N) is 1. The first-order valence-electron chi connectivity index (χ1n) is 9.35. The lowest BCUT2D eigenvalue weighted by Gasteiger charge is -2.32. The van der Waals surface area contributed by atoms with Crippen LogP contribution in [0.3, 0.4) is 0 Å². The van der Waals surface area contributed by atoms with E-state index < -0.39 is 45.3 Å². The van der Waals surface area contributed by atoms with Gasteiger partial charge in [-0.05, 0) is 52.8 Å². The highest BCUT2D eigenvalue weighted by Crippen LogP contribution is 2.30. The molecule has 0 saturated heterocycles. The normalized spacial score (nSPS) is 13.4. The summed E-state index contributed by atoms with van der Waals surface area (Å²) >= 11 is 0. The molecule has 1 rings (SSSR count). The maximum absolute atomic E-state index is 12.7. The SMILES string of the molecule is CC(OC(=O)CCNS(=O)(=O)c1cccc(C(F)(F)F)c1)C(=O)N(C(C)C)C(C)C. The van der Waals surface area contributed by atoms with Crippen molar-refractivity contribution in [3.8, 4) is 0 Å². The third-order valence-electron chi connectivity index (χ3n) is 4.12. The van der Waals surface area contributed by atoms with Crippen LogP contribution in [0.15, 0.2) is 29.2 Å². The number of carbonyl (C=O) groups is 2. The number of rotatable bonds is 9. The van der Waals surface area contributed by atoms with Crippen molar-refractivity contribution in [1.29, 1.82) is 0 Å². The maximum Gasteiger partial charge on any atom is 0.416 e. The van der Waals surface area contributed by atoms with Gasteiger partial charge in [0.15, 0.2) is 6.10 Å². The number of halogens is 3. The molecule has 0 bridgehead atoms. The number of hydrogen-bond acceptors (Lipinski definition) is 5. The first-order valence-corrected chi connectivity index (χ1v) is 10.8. The second-order valence-corrected chi connectivity index (χ2v) is 9.01. The van der Waals surface area contributed by atoms with Crippen LogP contribution < -0.4 is 4.72 Å². The van der Waals surface area contributed by atoms with Gasteiger partial charge >= 0.3 is 12.1 Å². The third kappa shape index (κ3) is 7.28. The van der Waals surface area contributed by atoms with E-state index in [1.807, 2.05) is 27.7 Å². The van der Waals surface area contributed by atoms with Crippen LogP contribution in [0, 0.1) is 0 Å². The number of nitrogens with zero attached hydrogens (tertiary/aromatic N) is 1. The lowest BCUT2D eigenvalue weighted by molar-refractivity contribution is -0.160. The molecule has 0 spiro atoms. The Kier molecular flexibility index (Phi) is 8.85. The van der Waals surface area contributed by atoms with Gasteiger partial charge in [-0.3, -0.25) is 9.59 Å². The van der Waals surface area contributed by atoms with Gasteiger partial charge in [0.1, 0.15) is 0 Å². The quantitative estimate of drug-likeness (QED) is 0.582. The molecule has 1 amide bonds. The molecule has 0 saturated carbocycles. The van der Waals surface area contributed by atoms with Crippen molar-refractivity contribution >= 4 is 21.9 Å². The minimum atomic E-state index is -4.68. The van der Waals surface area contributed by atoms with Gasteiger partial charge in [-0.2, -0.15) is 13.2 Å². The van der Waals surface area contributed by atoms with Crippen LogP contribution in [0.2, 0.25) is 0 Å². The van der Waals surface area contributed by atoms with Crippen LogP contribution in [0.1, 0.15) is 46.6 Å². The molecule has 0 aliphatic rings. The van der Waals surface area contributed by atoms with Crippen LogP contribution in [0.5, 0.6) is 0 Å². The van der Waals surface area contributed by atoms with Gasteiger partial charge in [0, 0.05) is 18.6 Å². The zero-order valence-electron chi connectivity index (χ0n) is 17.5.